The van der Waals surface area contributed by atoms with E-state index in [0.717, 1.165) is 19.5 Å². The van der Waals surface area contributed by atoms with Gasteiger partial charge in [0.05, 0.1) is 0 Å². The first-order valence-corrected chi connectivity index (χ1v) is 8.47. The summed E-state index contributed by atoms with van der Waals surface area (Å²) in [6, 6.07) is 0. The van der Waals surface area contributed by atoms with Crippen molar-refractivity contribution in [2.45, 2.75) is 38.6 Å². The van der Waals surface area contributed by atoms with Gasteiger partial charge in [0, 0.05) is 25.8 Å². The topological polar surface area (TPSA) is 93.2 Å². The van der Waals surface area contributed by atoms with Crippen molar-refractivity contribution in [3.8, 4) is 0 Å². The Labute approximate surface area is 121 Å². The molecule has 0 bridgehead atoms. The molecule has 1 aromatic heterocycles. The Hall–Kier alpha value is -1.12. The smallest absolute Gasteiger partial charge is 0.245 e. The molecule has 7 nitrogen and oxygen atoms in total. The molecule has 0 saturated heterocycles. The second-order valence-corrected chi connectivity index (χ2v) is 6.30. The van der Waals surface area contributed by atoms with Gasteiger partial charge in [0.15, 0.2) is 5.82 Å². The fraction of sp³-hybridized carbons (Fsp3) is 0.750. The zero-order valence-corrected chi connectivity index (χ0v) is 13.3. The number of aromatic nitrogens is 2. The highest BCUT2D eigenvalue weighted by Gasteiger charge is 2.20. The maximum absolute atomic E-state index is 12.2. The number of nitrogens with zero attached hydrogens (tertiary/aromatic N) is 3. The van der Waals surface area contributed by atoms with Gasteiger partial charge in [-0.25, -0.2) is 13.1 Å². The molecule has 3 N–H and O–H groups in total. The van der Waals surface area contributed by atoms with Crippen LogP contribution in [-0.2, 0) is 16.6 Å². The molecule has 0 atom stereocenters. The van der Waals surface area contributed by atoms with Gasteiger partial charge in [-0.05, 0) is 19.5 Å². The monoisotopic (exact) mass is 303 g/mol. The van der Waals surface area contributed by atoms with Crippen LogP contribution in [0.3, 0.4) is 0 Å². The minimum absolute atomic E-state index is 0.0498. The van der Waals surface area contributed by atoms with Crippen molar-refractivity contribution in [2.75, 3.05) is 31.9 Å². The molecule has 0 aliphatic rings. The summed E-state index contributed by atoms with van der Waals surface area (Å²) in [5.74, 6) is 0.0498. The van der Waals surface area contributed by atoms with E-state index in [2.05, 4.69) is 14.7 Å². The molecule has 8 heteroatoms. The standard InChI is InChI=1S/C12H25N5O2S/c1-4-8-17-10-11(12(13)15-17)20(18,19)14-7-9-16(5-2)6-3/h10,14H,4-9H2,1-3H3,(H2,13,15). The molecule has 1 heterocycles. The van der Waals surface area contributed by atoms with Crippen LogP contribution in [0, 0.1) is 0 Å². The molecule has 0 amide bonds. The normalized spacial score (nSPS) is 12.2. The Balaban J connectivity index is 2.69. The van der Waals surface area contributed by atoms with Crippen LogP contribution in [0.25, 0.3) is 0 Å². The zero-order valence-electron chi connectivity index (χ0n) is 12.5. The molecule has 0 saturated carbocycles. The van der Waals surface area contributed by atoms with E-state index in [-0.39, 0.29) is 10.7 Å². The molecule has 1 rings (SSSR count). The quantitative estimate of drug-likeness (QED) is 0.693. The second-order valence-electron chi connectivity index (χ2n) is 4.57. The average Bonchev–Trinajstić information content (AvgIpc) is 2.77. The summed E-state index contributed by atoms with van der Waals surface area (Å²) >= 11 is 0. The van der Waals surface area contributed by atoms with Gasteiger partial charge >= 0.3 is 0 Å². The maximum atomic E-state index is 12.2. The van der Waals surface area contributed by atoms with Gasteiger partial charge in [-0.1, -0.05) is 20.8 Å². The average molecular weight is 303 g/mol. The highest BCUT2D eigenvalue weighted by molar-refractivity contribution is 7.89. The molecule has 20 heavy (non-hydrogen) atoms. The summed E-state index contributed by atoms with van der Waals surface area (Å²) < 4.78 is 28.5. The van der Waals surface area contributed by atoms with Gasteiger partial charge in [0.1, 0.15) is 4.90 Å². The summed E-state index contributed by atoms with van der Waals surface area (Å²) in [5.41, 5.74) is 5.68. The molecule has 116 valence electrons. The number of rotatable bonds is 9. The van der Waals surface area contributed by atoms with Gasteiger partial charge in [-0.15, -0.1) is 0 Å². The predicted octanol–water partition coefficient (Wildman–Crippen LogP) is 0.495. The summed E-state index contributed by atoms with van der Waals surface area (Å²) in [6.45, 7) is 9.57. The molecule has 1 aromatic rings. The van der Waals surface area contributed by atoms with E-state index < -0.39 is 10.0 Å². The Morgan fingerprint density at radius 3 is 2.55 bits per heavy atom. The van der Waals surface area contributed by atoms with Crippen molar-refractivity contribution < 1.29 is 8.42 Å². The van der Waals surface area contributed by atoms with Crippen molar-refractivity contribution >= 4 is 15.8 Å². The lowest BCUT2D eigenvalue weighted by Gasteiger charge is -2.17. The highest BCUT2D eigenvalue weighted by atomic mass is 32.2. The van der Waals surface area contributed by atoms with Crippen molar-refractivity contribution in [1.29, 1.82) is 0 Å². The van der Waals surface area contributed by atoms with Gasteiger partial charge in [-0.2, -0.15) is 5.10 Å². The van der Waals surface area contributed by atoms with E-state index in [1.807, 2.05) is 20.8 Å². The van der Waals surface area contributed by atoms with Crippen LogP contribution in [0.1, 0.15) is 27.2 Å². The van der Waals surface area contributed by atoms with Gasteiger partial charge in [0.25, 0.3) is 0 Å². The number of aryl methyl sites for hydroxylation is 1. The van der Waals surface area contributed by atoms with E-state index in [4.69, 9.17) is 5.73 Å². The molecular formula is C12H25N5O2S. The van der Waals surface area contributed by atoms with Crippen LogP contribution in [0.4, 0.5) is 5.82 Å². The van der Waals surface area contributed by atoms with Gasteiger partial charge < -0.3 is 10.6 Å². The Bertz CT molecular complexity index is 508. The zero-order chi connectivity index (χ0) is 15.2. The van der Waals surface area contributed by atoms with Gasteiger partial charge in [-0.3, -0.25) is 4.68 Å². The summed E-state index contributed by atoms with van der Waals surface area (Å²) in [4.78, 5) is 2.21. The predicted molar refractivity (Wildman–Crippen MR) is 79.9 cm³/mol. The third-order valence-corrected chi connectivity index (χ3v) is 4.59. The first-order valence-electron chi connectivity index (χ1n) is 6.99. The lowest BCUT2D eigenvalue weighted by molar-refractivity contribution is 0.309. The summed E-state index contributed by atoms with van der Waals surface area (Å²) in [7, 11) is -3.59. The first-order chi connectivity index (χ1) is 9.44. The van der Waals surface area contributed by atoms with Crippen LogP contribution in [0.5, 0.6) is 0 Å². The number of likely N-dealkylation sites (N-methyl/N-ethyl adjacent to an activating group) is 1. The number of sulfonamides is 1. The Kier molecular flexibility index (Phi) is 6.44. The summed E-state index contributed by atoms with van der Waals surface area (Å²) in [5, 5.41) is 4.01. The highest BCUT2D eigenvalue weighted by Crippen LogP contribution is 2.15. The van der Waals surface area contributed by atoms with Crippen LogP contribution >= 0.6 is 0 Å². The minimum atomic E-state index is -3.59. The van der Waals surface area contributed by atoms with Crippen LogP contribution in [-0.4, -0.2) is 49.3 Å². The molecule has 0 radical (unpaired) electrons. The lowest BCUT2D eigenvalue weighted by Crippen LogP contribution is -2.34. The van der Waals surface area contributed by atoms with E-state index in [0.29, 0.717) is 19.6 Å². The second kappa shape index (κ2) is 7.61. The molecule has 0 spiro atoms. The number of nitrogen functional groups attached to an aromatic ring is 1. The number of hydrogen-bond donors (Lipinski definition) is 2. The number of hydrogen-bond acceptors (Lipinski definition) is 5. The van der Waals surface area contributed by atoms with Gasteiger partial charge in [0.2, 0.25) is 10.0 Å². The molecule has 0 aromatic carbocycles. The number of nitrogens with two attached hydrogens (primary N) is 1. The fourth-order valence-electron chi connectivity index (χ4n) is 1.92. The molecule has 0 aliphatic carbocycles. The minimum Gasteiger partial charge on any atom is -0.381 e. The number of nitrogens with one attached hydrogen (secondary N) is 1. The molecule has 0 unspecified atom stereocenters. The van der Waals surface area contributed by atoms with E-state index in [9.17, 15) is 8.42 Å². The van der Waals surface area contributed by atoms with Crippen molar-refractivity contribution in [3.05, 3.63) is 6.20 Å². The SMILES string of the molecule is CCCn1cc(S(=O)(=O)NCCN(CC)CC)c(N)n1. The first kappa shape index (κ1) is 16.9. The lowest BCUT2D eigenvalue weighted by atomic mass is 10.5. The van der Waals surface area contributed by atoms with Crippen molar-refractivity contribution in [3.63, 3.8) is 0 Å². The van der Waals surface area contributed by atoms with E-state index in [1.54, 1.807) is 4.68 Å². The van der Waals surface area contributed by atoms with E-state index in [1.165, 1.54) is 6.20 Å². The fourth-order valence-corrected chi connectivity index (χ4v) is 3.02. The number of anilines is 1. The van der Waals surface area contributed by atoms with Crippen molar-refractivity contribution in [2.24, 2.45) is 0 Å². The third-order valence-electron chi connectivity index (χ3n) is 3.11. The molecular weight excluding hydrogens is 278 g/mol. The van der Waals surface area contributed by atoms with Crippen LogP contribution in [0.2, 0.25) is 0 Å². The summed E-state index contributed by atoms with van der Waals surface area (Å²) in [6.07, 6.45) is 2.36. The maximum Gasteiger partial charge on any atom is 0.245 e. The Morgan fingerprint density at radius 2 is 2.00 bits per heavy atom. The van der Waals surface area contributed by atoms with Crippen molar-refractivity contribution in [1.82, 2.24) is 19.4 Å². The molecule has 0 fully saturated rings. The third kappa shape index (κ3) is 4.46. The van der Waals surface area contributed by atoms with E-state index >= 15 is 0 Å². The van der Waals surface area contributed by atoms with Crippen LogP contribution in [0.15, 0.2) is 11.1 Å². The largest absolute Gasteiger partial charge is 0.381 e. The Morgan fingerprint density at radius 1 is 1.35 bits per heavy atom. The molecule has 0 aliphatic heterocycles. The van der Waals surface area contributed by atoms with Crippen LogP contribution < -0.4 is 10.5 Å².